The quantitative estimate of drug-likeness (QED) is 0.721. The van der Waals surface area contributed by atoms with Crippen molar-refractivity contribution in [3.8, 4) is 0 Å². The molecule has 0 amide bonds. The van der Waals surface area contributed by atoms with Gasteiger partial charge in [0.05, 0.1) is 6.54 Å². The number of rotatable bonds is 5. The van der Waals surface area contributed by atoms with E-state index in [4.69, 9.17) is 0 Å². The molecular weight excluding hydrogens is 174 g/mol. The van der Waals surface area contributed by atoms with Crippen LogP contribution in [0.2, 0.25) is 0 Å². The van der Waals surface area contributed by atoms with Crippen LogP contribution in [0.15, 0.2) is 18.5 Å². The summed E-state index contributed by atoms with van der Waals surface area (Å²) in [4.78, 5) is 0. The molecule has 1 saturated carbocycles. The van der Waals surface area contributed by atoms with Crippen molar-refractivity contribution < 1.29 is 0 Å². The first kappa shape index (κ1) is 9.71. The second kappa shape index (κ2) is 5.15. The summed E-state index contributed by atoms with van der Waals surface area (Å²) in [6.07, 6.45) is 9.56. The first-order chi connectivity index (χ1) is 6.95. The second-order valence-corrected chi connectivity index (χ2v) is 4.12. The van der Waals surface area contributed by atoms with Crippen molar-refractivity contribution in [2.45, 2.75) is 32.2 Å². The minimum absolute atomic E-state index is 0.938. The highest BCUT2D eigenvalue weighted by atomic mass is 15.3. The van der Waals surface area contributed by atoms with Gasteiger partial charge in [-0.05, 0) is 31.4 Å². The third kappa shape index (κ3) is 2.84. The summed E-state index contributed by atoms with van der Waals surface area (Å²) in [6, 6.07) is 1.97. The van der Waals surface area contributed by atoms with Gasteiger partial charge in [-0.25, -0.2) is 0 Å². The molecule has 3 heteroatoms. The maximum absolute atomic E-state index is 4.16. The van der Waals surface area contributed by atoms with E-state index >= 15 is 0 Å². The van der Waals surface area contributed by atoms with Crippen LogP contribution in [0.5, 0.6) is 0 Å². The first-order valence-corrected chi connectivity index (χ1v) is 5.63. The predicted molar refractivity (Wildman–Crippen MR) is 57.1 cm³/mol. The highest BCUT2D eigenvalue weighted by molar-refractivity contribution is 4.77. The lowest BCUT2D eigenvalue weighted by Crippen LogP contribution is -2.25. The van der Waals surface area contributed by atoms with Gasteiger partial charge in [0.2, 0.25) is 0 Å². The fourth-order valence-electron chi connectivity index (χ4n) is 2.15. The Balaban J connectivity index is 1.55. The molecule has 0 aliphatic heterocycles. The molecule has 1 heterocycles. The van der Waals surface area contributed by atoms with Gasteiger partial charge in [-0.2, -0.15) is 5.10 Å². The van der Waals surface area contributed by atoms with E-state index in [2.05, 4.69) is 10.4 Å². The van der Waals surface area contributed by atoms with Crippen LogP contribution in [-0.4, -0.2) is 22.9 Å². The smallest absolute Gasteiger partial charge is 0.0533 e. The van der Waals surface area contributed by atoms with E-state index in [0.717, 1.165) is 19.0 Å². The fraction of sp³-hybridized carbons (Fsp3) is 0.727. The Morgan fingerprint density at radius 1 is 1.36 bits per heavy atom. The van der Waals surface area contributed by atoms with Crippen molar-refractivity contribution in [1.82, 2.24) is 15.1 Å². The summed E-state index contributed by atoms with van der Waals surface area (Å²) in [7, 11) is 0. The molecule has 0 unspecified atom stereocenters. The van der Waals surface area contributed by atoms with E-state index in [1.165, 1.54) is 32.2 Å². The fourth-order valence-corrected chi connectivity index (χ4v) is 2.15. The standard InChI is InChI=1S/C11H19N3/c1-2-5-11(4-1)10-12-7-9-14-8-3-6-13-14/h3,6,8,11-12H,1-2,4-5,7,9-10H2. The number of nitrogens with one attached hydrogen (secondary N) is 1. The molecule has 0 aromatic carbocycles. The molecule has 0 saturated heterocycles. The van der Waals surface area contributed by atoms with E-state index in [0.29, 0.717) is 0 Å². The topological polar surface area (TPSA) is 29.9 Å². The molecule has 1 aromatic rings. The summed E-state index contributed by atoms with van der Waals surface area (Å²) in [5.41, 5.74) is 0. The van der Waals surface area contributed by atoms with Gasteiger partial charge < -0.3 is 5.32 Å². The van der Waals surface area contributed by atoms with Gasteiger partial charge in [0.15, 0.2) is 0 Å². The summed E-state index contributed by atoms with van der Waals surface area (Å²) >= 11 is 0. The maximum Gasteiger partial charge on any atom is 0.0533 e. The molecule has 1 aliphatic rings. The van der Waals surface area contributed by atoms with Gasteiger partial charge >= 0.3 is 0 Å². The molecule has 0 radical (unpaired) electrons. The van der Waals surface area contributed by atoms with Gasteiger partial charge in [0.1, 0.15) is 0 Å². The van der Waals surface area contributed by atoms with Crippen LogP contribution in [-0.2, 0) is 6.54 Å². The maximum atomic E-state index is 4.16. The van der Waals surface area contributed by atoms with Gasteiger partial charge in [0, 0.05) is 18.9 Å². The first-order valence-electron chi connectivity index (χ1n) is 5.63. The number of nitrogens with zero attached hydrogens (tertiary/aromatic N) is 2. The lowest BCUT2D eigenvalue weighted by atomic mass is 10.1. The second-order valence-electron chi connectivity index (χ2n) is 4.12. The van der Waals surface area contributed by atoms with Crippen LogP contribution in [0.3, 0.4) is 0 Å². The Labute approximate surface area is 85.5 Å². The monoisotopic (exact) mass is 193 g/mol. The van der Waals surface area contributed by atoms with Crippen molar-refractivity contribution in [2.24, 2.45) is 5.92 Å². The van der Waals surface area contributed by atoms with Crippen molar-refractivity contribution in [2.75, 3.05) is 13.1 Å². The summed E-state index contributed by atoms with van der Waals surface area (Å²) in [6.45, 7) is 3.22. The minimum atomic E-state index is 0.938. The zero-order valence-electron chi connectivity index (χ0n) is 8.65. The van der Waals surface area contributed by atoms with Gasteiger partial charge in [-0.15, -0.1) is 0 Å². The Kier molecular flexibility index (Phi) is 3.57. The summed E-state index contributed by atoms with van der Waals surface area (Å²) in [5, 5.41) is 7.67. The molecule has 14 heavy (non-hydrogen) atoms. The normalized spacial score (nSPS) is 17.7. The molecule has 1 aliphatic carbocycles. The average Bonchev–Trinajstić information content (AvgIpc) is 2.86. The van der Waals surface area contributed by atoms with E-state index in [9.17, 15) is 0 Å². The Morgan fingerprint density at radius 2 is 2.21 bits per heavy atom. The van der Waals surface area contributed by atoms with E-state index < -0.39 is 0 Å². The molecule has 1 N–H and O–H groups in total. The SMILES string of the molecule is c1cnn(CCNCC2CCCC2)c1. The van der Waals surface area contributed by atoms with Crippen LogP contribution in [0.1, 0.15) is 25.7 Å². The van der Waals surface area contributed by atoms with E-state index in [1.54, 1.807) is 0 Å². The summed E-state index contributed by atoms with van der Waals surface area (Å²) in [5.74, 6) is 0.938. The van der Waals surface area contributed by atoms with Crippen LogP contribution >= 0.6 is 0 Å². The zero-order valence-corrected chi connectivity index (χ0v) is 8.65. The Hall–Kier alpha value is -0.830. The molecule has 0 atom stereocenters. The molecule has 1 aromatic heterocycles. The molecule has 0 spiro atoms. The van der Waals surface area contributed by atoms with Crippen molar-refractivity contribution >= 4 is 0 Å². The summed E-state index contributed by atoms with van der Waals surface area (Å²) < 4.78 is 1.97. The van der Waals surface area contributed by atoms with E-state index in [-0.39, 0.29) is 0 Å². The van der Waals surface area contributed by atoms with Gasteiger partial charge in [0.25, 0.3) is 0 Å². The van der Waals surface area contributed by atoms with Crippen molar-refractivity contribution in [3.05, 3.63) is 18.5 Å². The average molecular weight is 193 g/mol. The molecule has 1 fully saturated rings. The zero-order chi connectivity index (χ0) is 9.64. The Bertz CT molecular complexity index is 237. The molecule has 0 bridgehead atoms. The molecule has 78 valence electrons. The van der Waals surface area contributed by atoms with Crippen LogP contribution in [0.25, 0.3) is 0 Å². The molecular formula is C11H19N3. The molecule has 2 rings (SSSR count). The van der Waals surface area contributed by atoms with Crippen molar-refractivity contribution in [1.29, 1.82) is 0 Å². The number of hydrogen-bond donors (Lipinski definition) is 1. The lowest BCUT2D eigenvalue weighted by Gasteiger charge is -2.10. The van der Waals surface area contributed by atoms with Gasteiger partial charge in [-0.1, -0.05) is 12.8 Å². The van der Waals surface area contributed by atoms with E-state index in [1.807, 2.05) is 23.1 Å². The predicted octanol–water partition coefficient (Wildman–Crippen LogP) is 1.66. The minimum Gasteiger partial charge on any atom is -0.315 e. The Morgan fingerprint density at radius 3 is 2.93 bits per heavy atom. The molecule has 3 nitrogen and oxygen atoms in total. The lowest BCUT2D eigenvalue weighted by molar-refractivity contribution is 0.467. The number of hydrogen-bond acceptors (Lipinski definition) is 2. The van der Waals surface area contributed by atoms with Gasteiger partial charge in [-0.3, -0.25) is 4.68 Å². The largest absolute Gasteiger partial charge is 0.315 e. The third-order valence-electron chi connectivity index (χ3n) is 2.98. The van der Waals surface area contributed by atoms with Crippen LogP contribution in [0, 0.1) is 5.92 Å². The van der Waals surface area contributed by atoms with Crippen LogP contribution < -0.4 is 5.32 Å². The van der Waals surface area contributed by atoms with Crippen LogP contribution in [0.4, 0.5) is 0 Å². The number of aromatic nitrogens is 2. The third-order valence-corrected chi connectivity index (χ3v) is 2.98. The highest BCUT2D eigenvalue weighted by Gasteiger charge is 2.13. The highest BCUT2D eigenvalue weighted by Crippen LogP contribution is 2.23. The van der Waals surface area contributed by atoms with Crippen molar-refractivity contribution in [3.63, 3.8) is 0 Å².